The molecule has 0 aromatic rings. The number of rotatable bonds is 2. The molecule has 14 heavy (non-hydrogen) atoms. The molecule has 0 amide bonds. The van der Waals surface area contributed by atoms with Gasteiger partial charge >= 0.3 is 5.97 Å². The number of hydrogen-bond donors (Lipinski definition) is 1. The summed E-state index contributed by atoms with van der Waals surface area (Å²) in [5.74, 6) is -0.251. The van der Waals surface area contributed by atoms with Gasteiger partial charge in [0, 0.05) is 13.0 Å². The zero-order valence-corrected chi connectivity index (χ0v) is 9.51. The number of hydrogen-bond acceptors (Lipinski definition) is 3. The molecule has 1 rings (SSSR count). The number of aliphatic carboxylic acids is 1. The second-order valence-corrected chi connectivity index (χ2v) is 4.48. The maximum Gasteiger partial charge on any atom is 0.306 e. The van der Waals surface area contributed by atoms with Crippen LogP contribution in [0.15, 0.2) is 4.99 Å². The number of carboxylic acid groups (broad SMARTS) is 1. The minimum atomic E-state index is -0.636. The summed E-state index contributed by atoms with van der Waals surface area (Å²) >= 11 is 1.69. The van der Waals surface area contributed by atoms with Crippen LogP contribution in [0.1, 0.15) is 25.7 Å². The largest absolute Gasteiger partial charge is 0.481 e. The molecule has 0 heterocycles. The monoisotopic (exact) mass is 215 g/mol. The van der Waals surface area contributed by atoms with Gasteiger partial charge in [0.2, 0.25) is 0 Å². The Morgan fingerprint density at radius 2 is 1.79 bits per heavy atom. The molecule has 0 atom stereocenters. The summed E-state index contributed by atoms with van der Waals surface area (Å²) in [4.78, 5) is 15.0. The smallest absolute Gasteiger partial charge is 0.306 e. The molecule has 0 saturated heterocycles. The average molecular weight is 215 g/mol. The van der Waals surface area contributed by atoms with Gasteiger partial charge in [0.15, 0.2) is 0 Å². The van der Waals surface area contributed by atoms with Gasteiger partial charge < -0.3 is 5.11 Å². The van der Waals surface area contributed by atoms with Crippen molar-refractivity contribution in [1.29, 1.82) is 0 Å². The number of thioether (sulfide) groups is 1. The molecule has 3 nitrogen and oxygen atoms in total. The van der Waals surface area contributed by atoms with E-state index >= 15 is 0 Å². The quantitative estimate of drug-likeness (QED) is 0.568. The normalized spacial score (nSPS) is 28.9. The third-order valence-corrected chi connectivity index (χ3v) is 3.79. The molecule has 0 aromatic carbocycles. The molecule has 1 N–H and O–H groups in total. The van der Waals surface area contributed by atoms with Crippen LogP contribution in [0.5, 0.6) is 0 Å². The van der Waals surface area contributed by atoms with Crippen LogP contribution in [-0.4, -0.2) is 29.4 Å². The van der Waals surface area contributed by atoms with Gasteiger partial charge in [0.05, 0.1) is 11.0 Å². The van der Waals surface area contributed by atoms with Crippen LogP contribution in [-0.2, 0) is 4.79 Å². The molecular weight excluding hydrogens is 198 g/mol. The van der Waals surface area contributed by atoms with Crippen molar-refractivity contribution in [3.05, 3.63) is 0 Å². The van der Waals surface area contributed by atoms with Crippen molar-refractivity contribution in [3.63, 3.8) is 0 Å². The van der Waals surface area contributed by atoms with E-state index in [4.69, 9.17) is 5.11 Å². The predicted molar refractivity (Wildman–Crippen MR) is 60.0 cm³/mol. The van der Waals surface area contributed by atoms with Gasteiger partial charge in [-0.25, -0.2) is 0 Å². The van der Waals surface area contributed by atoms with Crippen molar-refractivity contribution >= 4 is 22.8 Å². The molecular formula is C10H17NO2S. The highest BCUT2D eigenvalue weighted by molar-refractivity contribution is 8.13. The highest BCUT2D eigenvalue weighted by Gasteiger charge is 2.27. The minimum absolute atomic E-state index is 0.119. The Morgan fingerprint density at radius 1 is 1.29 bits per heavy atom. The predicted octanol–water partition coefficient (Wildman–Crippen LogP) is 2.27. The van der Waals surface area contributed by atoms with E-state index in [9.17, 15) is 4.79 Å². The molecule has 1 saturated carbocycles. The Hall–Kier alpha value is -0.510. The Balaban J connectivity index is 2.46. The molecule has 1 aliphatic carbocycles. The second kappa shape index (κ2) is 5.39. The molecule has 80 valence electrons. The molecule has 0 radical (unpaired) electrons. The first-order valence-corrected chi connectivity index (χ1v) is 6.15. The number of carboxylic acids is 1. The maximum absolute atomic E-state index is 10.7. The molecule has 1 fully saturated rings. The molecule has 0 aromatic heterocycles. The van der Waals surface area contributed by atoms with E-state index in [1.807, 2.05) is 13.3 Å². The lowest BCUT2D eigenvalue weighted by atomic mass is 9.82. The van der Waals surface area contributed by atoms with Crippen LogP contribution >= 0.6 is 11.8 Å². The SMILES string of the molecule is CN=C(SC)C1CCC(C(=O)O)CC1. The van der Waals surface area contributed by atoms with Crippen LogP contribution in [0.2, 0.25) is 0 Å². The van der Waals surface area contributed by atoms with Crippen LogP contribution in [0, 0.1) is 11.8 Å². The summed E-state index contributed by atoms with van der Waals surface area (Å²) in [5, 5.41) is 10.0. The molecule has 4 heteroatoms. The summed E-state index contributed by atoms with van der Waals surface area (Å²) in [7, 11) is 1.81. The first kappa shape index (κ1) is 11.6. The third kappa shape index (κ3) is 2.74. The topological polar surface area (TPSA) is 49.7 Å². The van der Waals surface area contributed by atoms with Crippen molar-refractivity contribution in [2.45, 2.75) is 25.7 Å². The Kier molecular flexibility index (Phi) is 4.45. The molecule has 0 bridgehead atoms. The fourth-order valence-electron chi connectivity index (χ4n) is 2.03. The Bertz CT molecular complexity index is 232. The lowest BCUT2D eigenvalue weighted by Crippen LogP contribution is -2.24. The summed E-state index contributed by atoms with van der Waals surface area (Å²) in [6, 6.07) is 0. The van der Waals surface area contributed by atoms with Gasteiger partial charge in [-0.15, -0.1) is 11.8 Å². The number of nitrogens with zero attached hydrogens (tertiary/aromatic N) is 1. The lowest BCUT2D eigenvalue weighted by Gasteiger charge is -2.26. The average Bonchev–Trinajstić information content (AvgIpc) is 2.20. The second-order valence-electron chi connectivity index (χ2n) is 3.65. The fraction of sp³-hybridized carbons (Fsp3) is 0.800. The molecule has 0 spiro atoms. The Labute approximate surface area is 89.0 Å². The standard InChI is InChI=1S/C10H17NO2S/c1-11-9(14-2)7-3-5-8(6-4-7)10(12)13/h7-8H,3-6H2,1-2H3,(H,12,13). The summed E-state index contributed by atoms with van der Waals surface area (Å²) in [6.07, 6.45) is 5.60. The van der Waals surface area contributed by atoms with E-state index in [1.54, 1.807) is 11.8 Å². The van der Waals surface area contributed by atoms with Crippen LogP contribution < -0.4 is 0 Å². The van der Waals surface area contributed by atoms with Crippen molar-refractivity contribution in [1.82, 2.24) is 0 Å². The van der Waals surface area contributed by atoms with Crippen LogP contribution in [0.25, 0.3) is 0 Å². The number of carbonyl (C=O) groups is 1. The first-order chi connectivity index (χ1) is 6.69. The van der Waals surface area contributed by atoms with Gasteiger partial charge in [-0.1, -0.05) is 0 Å². The lowest BCUT2D eigenvalue weighted by molar-refractivity contribution is -0.142. The highest BCUT2D eigenvalue weighted by atomic mass is 32.2. The summed E-state index contributed by atoms with van der Waals surface area (Å²) < 4.78 is 0. The molecule has 0 aliphatic heterocycles. The van der Waals surface area contributed by atoms with Crippen LogP contribution in [0.4, 0.5) is 0 Å². The van der Waals surface area contributed by atoms with E-state index in [0.29, 0.717) is 5.92 Å². The summed E-state index contributed by atoms with van der Waals surface area (Å²) in [5.41, 5.74) is 0. The maximum atomic E-state index is 10.7. The molecule has 0 unspecified atom stereocenters. The van der Waals surface area contributed by atoms with E-state index in [-0.39, 0.29) is 5.92 Å². The van der Waals surface area contributed by atoms with Gasteiger partial charge in [-0.2, -0.15) is 0 Å². The minimum Gasteiger partial charge on any atom is -0.481 e. The van der Waals surface area contributed by atoms with Gasteiger partial charge in [-0.05, 0) is 31.9 Å². The zero-order valence-electron chi connectivity index (χ0n) is 8.69. The van der Waals surface area contributed by atoms with Gasteiger partial charge in [0.25, 0.3) is 0 Å². The highest BCUT2D eigenvalue weighted by Crippen LogP contribution is 2.32. The van der Waals surface area contributed by atoms with Crippen molar-refractivity contribution in [2.24, 2.45) is 16.8 Å². The summed E-state index contributed by atoms with van der Waals surface area (Å²) in [6.45, 7) is 0. The van der Waals surface area contributed by atoms with E-state index in [1.165, 1.54) is 5.04 Å². The third-order valence-electron chi connectivity index (χ3n) is 2.86. The van der Waals surface area contributed by atoms with E-state index < -0.39 is 5.97 Å². The van der Waals surface area contributed by atoms with Gasteiger partial charge in [0.1, 0.15) is 0 Å². The first-order valence-electron chi connectivity index (χ1n) is 4.92. The van der Waals surface area contributed by atoms with Crippen molar-refractivity contribution < 1.29 is 9.90 Å². The van der Waals surface area contributed by atoms with Crippen LogP contribution in [0.3, 0.4) is 0 Å². The fourth-order valence-corrected chi connectivity index (χ4v) is 2.78. The van der Waals surface area contributed by atoms with Crippen molar-refractivity contribution in [2.75, 3.05) is 13.3 Å². The zero-order chi connectivity index (χ0) is 10.6. The van der Waals surface area contributed by atoms with Crippen molar-refractivity contribution in [3.8, 4) is 0 Å². The Morgan fingerprint density at radius 3 is 2.14 bits per heavy atom. The molecule has 1 aliphatic rings. The number of aliphatic imine (C=N–C) groups is 1. The van der Waals surface area contributed by atoms with E-state index in [2.05, 4.69) is 4.99 Å². The van der Waals surface area contributed by atoms with Gasteiger partial charge in [-0.3, -0.25) is 9.79 Å². The van der Waals surface area contributed by atoms with E-state index in [0.717, 1.165) is 25.7 Å².